The molecule has 2 aromatic carbocycles. The van der Waals surface area contributed by atoms with E-state index in [2.05, 4.69) is 24.7 Å². The van der Waals surface area contributed by atoms with Crippen LogP contribution in [0.15, 0.2) is 48.8 Å². The summed E-state index contributed by atoms with van der Waals surface area (Å²) in [6.45, 7) is 5.86. The molecule has 1 atom stereocenters. The standard InChI is InChI=1S/C39H40ClN9O6/c40-31-16-28(5-1-24(31)17-41)55-27-6-2-25(3-7-27)48-35(50)10-9-33(39(48)54)49-37(52)29-8-4-26(15-30(29)38(49)53)46-13-11-45(12-14-46)20-23-21-47(22-23)34-19-43-32(18-44-34)36(42)51/h1,4-5,8,15-16,18-19,23,25,27,33H,2-3,6-7,9-14,20-22H2,(H2,42,51). The molecular weight excluding hydrogens is 726 g/mol. The maximum atomic E-state index is 14.0. The van der Waals surface area contributed by atoms with Crippen molar-refractivity contribution < 1.29 is 28.7 Å². The number of anilines is 2. The highest BCUT2D eigenvalue weighted by Crippen LogP contribution is 2.35. The molecule has 5 heterocycles. The number of hydrogen-bond acceptors (Lipinski definition) is 12. The number of likely N-dealkylation sites (tertiary alicyclic amines) is 1. The second-order valence-corrected chi connectivity index (χ2v) is 15.3. The zero-order chi connectivity index (χ0) is 38.4. The number of carbonyl (C=O) groups is 5. The minimum absolute atomic E-state index is 0.0660. The van der Waals surface area contributed by atoms with E-state index in [9.17, 15) is 24.0 Å². The van der Waals surface area contributed by atoms with Crippen molar-refractivity contribution in [3.63, 3.8) is 0 Å². The van der Waals surface area contributed by atoms with Crippen molar-refractivity contribution in [2.24, 2.45) is 11.7 Å². The lowest BCUT2D eigenvalue weighted by molar-refractivity contribution is -0.155. The molecule has 5 amide bonds. The quantitative estimate of drug-likeness (QED) is 0.315. The molecule has 1 saturated carbocycles. The number of benzene rings is 2. The van der Waals surface area contributed by atoms with Crippen molar-refractivity contribution in [2.45, 2.75) is 56.7 Å². The van der Waals surface area contributed by atoms with E-state index >= 15 is 0 Å². The van der Waals surface area contributed by atoms with Gasteiger partial charge in [-0.15, -0.1) is 0 Å². The van der Waals surface area contributed by atoms with Crippen LogP contribution in [0.1, 0.15) is 75.3 Å². The number of primary amides is 1. The summed E-state index contributed by atoms with van der Waals surface area (Å²) in [4.78, 5) is 83.4. The number of fused-ring (bicyclic) bond motifs is 1. The Morgan fingerprint density at radius 1 is 0.873 bits per heavy atom. The van der Waals surface area contributed by atoms with Gasteiger partial charge in [-0.3, -0.25) is 38.7 Å². The van der Waals surface area contributed by atoms with Crippen LogP contribution in [0.25, 0.3) is 0 Å². The van der Waals surface area contributed by atoms with Crippen LogP contribution in [0.2, 0.25) is 5.02 Å². The van der Waals surface area contributed by atoms with Crippen molar-refractivity contribution in [3.05, 3.63) is 76.2 Å². The Morgan fingerprint density at radius 2 is 1.62 bits per heavy atom. The molecule has 2 N–H and O–H groups in total. The Bertz CT molecular complexity index is 2090. The summed E-state index contributed by atoms with van der Waals surface area (Å²) < 4.78 is 6.10. The van der Waals surface area contributed by atoms with Gasteiger partial charge in [0.15, 0.2) is 0 Å². The largest absolute Gasteiger partial charge is 0.490 e. The SMILES string of the molecule is N#Cc1ccc(OC2CCC(N3C(=O)CCC(N4C(=O)c5ccc(N6CCN(CC7CN(c8cnc(C(N)=O)cn8)C7)CC6)cc5C4=O)C3=O)CC2)cc1Cl. The first kappa shape index (κ1) is 36.4. The summed E-state index contributed by atoms with van der Waals surface area (Å²) in [7, 11) is 0. The van der Waals surface area contributed by atoms with Crippen LogP contribution < -0.4 is 20.3 Å². The fraction of sp³-hybridized carbons (Fsp3) is 0.436. The number of piperidine rings is 1. The second-order valence-electron chi connectivity index (χ2n) is 14.9. The zero-order valence-corrected chi connectivity index (χ0v) is 30.9. The van der Waals surface area contributed by atoms with Gasteiger partial charge in [-0.1, -0.05) is 11.6 Å². The summed E-state index contributed by atoms with van der Waals surface area (Å²) in [6.07, 6.45) is 5.24. The number of imide groups is 2. The van der Waals surface area contributed by atoms with E-state index in [1.54, 1.807) is 36.5 Å². The predicted molar refractivity (Wildman–Crippen MR) is 200 cm³/mol. The number of aromatic nitrogens is 2. The Kier molecular flexibility index (Phi) is 9.87. The van der Waals surface area contributed by atoms with E-state index in [1.807, 2.05) is 12.1 Å². The summed E-state index contributed by atoms with van der Waals surface area (Å²) in [5.41, 5.74) is 7.17. The van der Waals surface area contributed by atoms with Crippen LogP contribution in [0.3, 0.4) is 0 Å². The lowest BCUT2D eigenvalue weighted by Gasteiger charge is -2.44. The molecule has 8 rings (SSSR count). The number of halogens is 1. The lowest BCUT2D eigenvalue weighted by atomic mass is 9.89. The number of rotatable bonds is 9. The highest BCUT2D eigenvalue weighted by Gasteiger charge is 2.49. The van der Waals surface area contributed by atoms with Crippen LogP contribution in [0.4, 0.5) is 11.5 Å². The molecule has 16 heteroatoms. The van der Waals surface area contributed by atoms with Gasteiger partial charge < -0.3 is 20.3 Å². The van der Waals surface area contributed by atoms with Crippen molar-refractivity contribution in [3.8, 4) is 11.8 Å². The van der Waals surface area contributed by atoms with Crippen LogP contribution in [-0.4, -0.2) is 118 Å². The van der Waals surface area contributed by atoms with E-state index in [0.717, 1.165) is 62.2 Å². The fourth-order valence-electron chi connectivity index (χ4n) is 8.45. The lowest BCUT2D eigenvalue weighted by Crippen LogP contribution is -2.59. The molecule has 284 valence electrons. The first-order chi connectivity index (χ1) is 26.6. The van der Waals surface area contributed by atoms with Gasteiger partial charge in [0.05, 0.1) is 40.2 Å². The maximum absolute atomic E-state index is 14.0. The average molecular weight is 766 g/mol. The van der Waals surface area contributed by atoms with Crippen LogP contribution in [0.5, 0.6) is 5.75 Å². The molecule has 55 heavy (non-hydrogen) atoms. The van der Waals surface area contributed by atoms with Crippen LogP contribution in [0, 0.1) is 17.2 Å². The molecule has 0 radical (unpaired) electrons. The molecule has 0 spiro atoms. The minimum Gasteiger partial charge on any atom is -0.490 e. The van der Waals surface area contributed by atoms with Gasteiger partial charge in [0.25, 0.3) is 23.6 Å². The molecule has 3 aromatic rings. The van der Waals surface area contributed by atoms with E-state index in [-0.39, 0.29) is 47.7 Å². The number of piperazine rings is 1. The Labute approximate surface area is 322 Å². The summed E-state index contributed by atoms with van der Waals surface area (Å²) in [6, 6.07) is 10.8. The van der Waals surface area contributed by atoms with Crippen molar-refractivity contribution in [2.75, 3.05) is 55.6 Å². The third-order valence-corrected chi connectivity index (χ3v) is 11.7. The van der Waals surface area contributed by atoms with Crippen molar-refractivity contribution in [1.29, 1.82) is 5.26 Å². The summed E-state index contributed by atoms with van der Waals surface area (Å²) >= 11 is 6.16. The summed E-state index contributed by atoms with van der Waals surface area (Å²) in [5, 5.41) is 9.45. The minimum atomic E-state index is -1.05. The van der Waals surface area contributed by atoms with Crippen molar-refractivity contribution in [1.82, 2.24) is 24.7 Å². The van der Waals surface area contributed by atoms with Gasteiger partial charge in [-0.05, 0) is 62.4 Å². The number of nitrogens with zero attached hydrogens (tertiary/aromatic N) is 8. The van der Waals surface area contributed by atoms with E-state index < -0.39 is 29.7 Å². The molecule has 4 fully saturated rings. The monoisotopic (exact) mass is 765 g/mol. The molecule has 3 saturated heterocycles. The first-order valence-corrected chi connectivity index (χ1v) is 19.0. The molecule has 15 nitrogen and oxygen atoms in total. The van der Waals surface area contributed by atoms with Crippen LogP contribution >= 0.6 is 11.6 Å². The summed E-state index contributed by atoms with van der Waals surface area (Å²) in [5.74, 6) is -0.648. The Hall–Kier alpha value is -5.59. The Balaban J connectivity index is 0.845. The van der Waals surface area contributed by atoms with E-state index in [0.29, 0.717) is 47.9 Å². The van der Waals surface area contributed by atoms with Gasteiger partial charge in [0.1, 0.15) is 29.4 Å². The number of hydrogen-bond donors (Lipinski definition) is 1. The maximum Gasteiger partial charge on any atom is 0.268 e. The van der Waals surface area contributed by atoms with Gasteiger partial charge in [0, 0.05) is 75.9 Å². The zero-order valence-electron chi connectivity index (χ0n) is 30.1. The molecule has 5 aliphatic rings. The molecular formula is C39H40ClN9O6. The van der Waals surface area contributed by atoms with E-state index in [4.69, 9.17) is 27.3 Å². The fourth-order valence-corrected chi connectivity index (χ4v) is 8.66. The first-order valence-electron chi connectivity index (χ1n) is 18.7. The molecule has 1 aromatic heterocycles. The van der Waals surface area contributed by atoms with Gasteiger partial charge in [0.2, 0.25) is 5.91 Å². The molecule has 1 aliphatic carbocycles. The molecule has 0 bridgehead atoms. The average Bonchev–Trinajstić information content (AvgIpc) is 3.42. The highest BCUT2D eigenvalue weighted by atomic mass is 35.5. The predicted octanol–water partition coefficient (Wildman–Crippen LogP) is 2.86. The Morgan fingerprint density at radius 3 is 2.29 bits per heavy atom. The normalized spacial score (nSPS) is 23.5. The number of nitrogens with two attached hydrogens (primary N) is 1. The number of nitriles is 1. The van der Waals surface area contributed by atoms with Gasteiger partial charge >= 0.3 is 0 Å². The van der Waals surface area contributed by atoms with E-state index in [1.165, 1.54) is 11.1 Å². The number of carbonyl (C=O) groups excluding carboxylic acids is 5. The van der Waals surface area contributed by atoms with Crippen molar-refractivity contribution >= 4 is 52.6 Å². The smallest absolute Gasteiger partial charge is 0.268 e. The molecule has 1 unspecified atom stereocenters. The molecule has 4 aliphatic heterocycles. The van der Waals surface area contributed by atoms with Gasteiger partial charge in [-0.25, -0.2) is 9.97 Å². The highest BCUT2D eigenvalue weighted by molar-refractivity contribution is 6.31. The van der Waals surface area contributed by atoms with Gasteiger partial charge in [-0.2, -0.15) is 5.26 Å². The number of amides is 5. The number of ether oxygens (including phenoxy) is 1. The van der Waals surface area contributed by atoms with Crippen LogP contribution in [-0.2, 0) is 9.59 Å². The second kappa shape index (κ2) is 14.9. The topological polar surface area (TPSA) is 186 Å². The third-order valence-electron chi connectivity index (χ3n) is 11.4. The third kappa shape index (κ3) is 7.07.